The standard InChI is InChI=1S/3C13H10O7.C13H10O6.3C13H10O5/c14-7-3-11(18)9(16)1-5(7)13(20)6-2-10(17)12(19)4-8(6)15;14-7-1-5(2-8(15)12(7)19)11(18)6-3-9(16)13(20)10(17)4-6;14-7-3-1-5(10(17)12(7)19)9(16)6-2-4-8(15)13(20)11(6)18;14-8-3-1-6(5-10(8)16)11(17)7-2-4-9(15)13(19)12(7)18;14-9-3-1-7(5-11(9)16)13(18)8-2-4-10(15)12(17)6-8;14-9-5-1-3-7(12(9)17)11(16)8-4-2-6-10(15)13(8)18;14-9-5-4-7(6-11(9)16)12(17)8-2-1-3-10(15)13(8)18/h1-4,14-19H;1-4,14-17,19-20H;1-4,14-15,17-20H;1-5,14-16,18-19H;1-6,14-17H;1-6,14-15,17-18H;1-6,14-16,18H. The molecule has 0 heterocycles. The maximum atomic E-state index is 12.1. The van der Waals surface area contributed by atoms with Gasteiger partial charge in [0, 0.05) is 45.5 Å². The Bertz CT molecular complexity index is 6590. The quantitative estimate of drug-likeness (QED) is 0.0273. The van der Waals surface area contributed by atoms with E-state index < -0.39 is 219 Å². The zero-order chi connectivity index (χ0) is 99.1. The average Bonchev–Trinajstić information content (AvgIpc) is 0.798. The summed E-state index contributed by atoms with van der Waals surface area (Å²) in [4.78, 5) is 84.4. The third kappa shape index (κ3) is 22.5. The molecule has 0 aliphatic heterocycles. The highest BCUT2D eigenvalue weighted by Gasteiger charge is 2.28. The van der Waals surface area contributed by atoms with Gasteiger partial charge in [0.05, 0.1) is 44.5 Å². The van der Waals surface area contributed by atoms with Crippen molar-refractivity contribution < 1.29 is 212 Å². The van der Waals surface area contributed by atoms with Gasteiger partial charge < -0.3 is 179 Å². The molecule has 133 heavy (non-hydrogen) atoms. The van der Waals surface area contributed by atoms with E-state index in [0.717, 1.165) is 115 Å². The van der Waals surface area contributed by atoms with Crippen molar-refractivity contribution in [1.29, 1.82) is 0 Å². The number of ketones is 7. The molecule has 0 saturated heterocycles. The molecule has 14 aromatic carbocycles. The summed E-state index contributed by atoms with van der Waals surface area (Å²) in [6.45, 7) is 0. The highest BCUT2D eigenvalue weighted by molar-refractivity contribution is 6.16. The average molecular weight is 1840 g/mol. The van der Waals surface area contributed by atoms with Crippen LogP contribution in [-0.4, -0.2) is 219 Å². The van der Waals surface area contributed by atoms with Crippen LogP contribution in [0.3, 0.4) is 0 Å². The predicted octanol–water partition coefficient (Wildman–Crippen LogP) is 10.1. The Labute approximate surface area is 741 Å². The first-order valence-corrected chi connectivity index (χ1v) is 36.5. The molecule has 686 valence electrons. The lowest BCUT2D eigenvalue weighted by atomic mass is 10.0. The Balaban J connectivity index is 0.000000191. The summed E-state index contributed by atoms with van der Waals surface area (Å²) >= 11 is 0. The van der Waals surface area contributed by atoms with Crippen LogP contribution >= 0.6 is 0 Å². The second-order valence-corrected chi connectivity index (χ2v) is 27.1. The minimum atomic E-state index is -0.911. The van der Waals surface area contributed by atoms with Crippen molar-refractivity contribution in [2.75, 3.05) is 0 Å². The van der Waals surface area contributed by atoms with Crippen molar-refractivity contribution in [2.45, 2.75) is 0 Å². The molecule has 0 aromatic heterocycles. The summed E-state index contributed by atoms with van der Waals surface area (Å²) in [5.74, 6) is -25.8. The number of carbonyl (C=O) groups excluding carboxylic acids is 7. The Morgan fingerprint density at radius 1 is 0.113 bits per heavy atom. The molecule has 0 aliphatic rings. The van der Waals surface area contributed by atoms with Crippen molar-refractivity contribution >= 4 is 40.5 Å². The van der Waals surface area contributed by atoms with Gasteiger partial charge in [0.25, 0.3) is 0 Å². The predicted molar refractivity (Wildman–Crippen MR) is 452 cm³/mol. The summed E-state index contributed by atoms with van der Waals surface area (Å²) in [5, 5.41) is 327. The van der Waals surface area contributed by atoms with Gasteiger partial charge >= 0.3 is 0 Å². The first-order valence-electron chi connectivity index (χ1n) is 36.5. The van der Waals surface area contributed by atoms with E-state index in [4.69, 9.17) is 46.0 Å². The second kappa shape index (κ2) is 41.1. The number of carbonyl (C=O) groups is 7. The van der Waals surface area contributed by atoms with Gasteiger partial charge in [0.1, 0.15) is 11.5 Å². The summed E-state index contributed by atoms with van der Waals surface area (Å²) in [6.07, 6.45) is 0. The number of phenols is 35. The largest absolute Gasteiger partial charge is 0.507 e. The van der Waals surface area contributed by atoms with E-state index in [1.807, 2.05) is 0 Å². The Kier molecular flexibility index (Phi) is 30.3. The van der Waals surface area contributed by atoms with E-state index >= 15 is 0 Å². The molecule has 0 amide bonds. The molecule has 35 N–H and O–H groups in total. The molecule has 14 aromatic rings. The van der Waals surface area contributed by atoms with Crippen LogP contribution in [0.2, 0.25) is 0 Å². The normalized spacial score (nSPS) is 10.3. The molecule has 42 nitrogen and oxygen atoms in total. The number of hydrogen-bond acceptors (Lipinski definition) is 42. The molecular formula is C91H70O42. The summed E-state index contributed by atoms with van der Waals surface area (Å²) < 4.78 is 0. The zero-order valence-electron chi connectivity index (χ0n) is 66.7. The number of para-hydroxylation sites is 3. The van der Waals surface area contributed by atoms with Gasteiger partial charge in [-0.25, -0.2) is 0 Å². The number of rotatable bonds is 14. The van der Waals surface area contributed by atoms with Crippen molar-refractivity contribution in [3.05, 3.63) is 290 Å². The Morgan fingerprint density at radius 3 is 0.564 bits per heavy atom. The minimum absolute atomic E-state index is 0.00990. The number of phenolic OH excluding ortho intramolecular Hbond substituents is 35. The topological polar surface area (TPSA) is 828 Å². The van der Waals surface area contributed by atoms with Crippen LogP contribution in [0.4, 0.5) is 0 Å². The number of aromatic hydroxyl groups is 35. The SMILES string of the molecule is O=C(c1cc(O)c(O)c(O)c1)c1cc(O)c(O)c(O)c1.O=C(c1cc(O)c(O)cc1O)c1cc(O)c(O)cc1O.O=C(c1ccc(O)c(O)c1)c1ccc(O)c(O)c1.O=C(c1ccc(O)c(O)c1)c1ccc(O)c(O)c1O.O=C(c1ccc(O)c(O)c1)c1cccc(O)c1O.O=C(c1ccc(O)c(O)c1O)c1ccc(O)c(O)c1O.O=C(c1cccc(O)c1O)c1cccc(O)c1O. The highest BCUT2D eigenvalue weighted by atomic mass is 16.4. The molecule has 0 unspecified atom stereocenters. The molecule has 14 rings (SSSR count). The van der Waals surface area contributed by atoms with Crippen LogP contribution in [0.5, 0.6) is 201 Å². The summed E-state index contributed by atoms with van der Waals surface area (Å²) in [7, 11) is 0. The van der Waals surface area contributed by atoms with E-state index in [0.29, 0.717) is 0 Å². The third-order valence-electron chi connectivity index (χ3n) is 18.2. The van der Waals surface area contributed by atoms with Gasteiger partial charge in [-0.2, -0.15) is 0 Å². The van der Waals surface area contributed by atoms with Gasteiger partial charge in [0.15, 0.2) is 196 Å². The monoisotopic (exact) mass is 1830 g/mol. The molecule has 42 heteroatoms. The number of benzene rings is 14. The molecule has 0 radical (unpaired) electrons. The fraction of sp³-hybridized carbons (Fsp3) is 0. The van der Waals surface area contributed by atoms with Gasteiger partial charge in [-0.3, -0.25) is 33.6 Å². The van der Waals surface area contributed by atoms with Crippen molar-refractivity contribution in [3.8, 4) is 201 Å². The number of hydrogen-bond donors (Lipinski definition) is 35. The van der Waals surface area contributed by atoms with Crippen LogP contribution in [0.1, 0.15) is 111 Å². The first kappa shape index (κ1) is 98.2. The van der Waals surface area contributed by atoms with E-state index in [-0.39, 0.29) is 101 Å². The molecule has 0 atom stereocenters. The fourth-order valence-electron chi connectivity index (χ4n) is 11.1. The highest BCUT2D eigenvalue weighted by Crippen LogP contribution is 2.47. The van der Waals surface area contributed by atoms with E-state index in [2.05, 4.69) is 0 Å². The zero-order valence-corrected chi connectivity index (χ0v) is 66.7. The lowest BCUT2D eigenvalue weighted by Crippen LogP contribution is -2.02. The van der Waals surface area contributed by atoms with Gasteiger partial charge in [-0.15, -0.1) is 0 Å². The Morgan fingerprint density at radius 2 is 0.301 bits per heavy atom. The molecule has 0 bridgehead atoms. The van der Waals surface area contributed by atoms with Crippen LogP contribution in [0.15, 0.2) is 212 Å². The maximum Gasteiger partial charge on any atom is 0.201 e. The van der Waals surface area contributed by atoms with Gasteiger partial charge in [-0.1, -0.05) is 18.2 Å². The van der Waals surface area contributed by atoms with Crippen LogP contribution in [-0.2, 0) is 0 Å². The second-order valence-electron chi connectivity index (χ2n) is 27.1. The van der Waals surface area contributed by atoms with Crippen molar-refractivity contribution in [3.63, 3.8) is 0 Å². The lowest BCUT2D eigenvalue weighted by Gasteiger charge is -2.09. The van der Waals surface area contributed by atoms with Gasteiger partial charge in [0.2, 0.25) is 34.6 Å². The fourth-order valence-corrected chi connectivity index (χ4v) is 11.1. The first-order chi connectivity index (χ1) is 62.4. The smallest absolute Gasteiger partial charge is 0.201 e. The Hall–Kier alpha value is -20.2. The lowest BCUT2D eigenvalue weighted by molar-refractivity contribution is 0.102. The maximum absolute atomic E-state index is 12.1. The van der Waals surface area contributed by atoms with E-state index in [1.54, 1.807) is 0 Å². The molecule has 0 fully saturated rings. The minimum Gasteiger partial charge on any atom is -0.507 e. The van der Waals surface area contributed by atoms with Crippen molar-refractivity contribution in [2.24, 2.45) is 0 Å². The molecule has 0 spiro atoms. The van der Waals surface area contributed by atoms with Crippen LogP contribution in [0, 0.1) is 0 Å². The summed E-state index contributed by atoms with van der Waals surface area (Å²) in [5.41, 5.74) is -2.12. The van der Waals surface area contributed by atoms with E-state index in [1.165, 1.54) is 97.1 Å². The van der Waals surface area contributed by atoms with Crippen molar-refractivity contribution in [1.82, 2.24) is 0 Å². The molecule has 0 aliphatic carbocycles. The van der Waals surface area contributed by atoms with E-state index in [9.17, 15) is 166 Å². The molecular weight excluding hydrogens is 1760 g/mol. The van der Waals surface area contributed by atoms with Gasteiger partial charge in [-0.05, 0) is 182 Å². The van der Waals surface area contributed by atoms with Crippen LogP contribution < -0.4 is 0 Å². The van der Waals surface area contributed by atoms with Crippen LogP contribution in [0.25, 0.3) is 0 Å². The third-order valence-corrected chi connectivity index (χ3v) is 18.2. The molecule has 0 saturated carbocycles. The summed E-state index contributed by atoms with van der Waals surface area (Å²) in [6, 6.07) is 39.2.